The van der Waals surface area contributed by atoms with E-state index in [1.165, 1.54) is 0 Å². The first-order valence-electron chi connectivity index (χ1n) is 3.56. The predicted molar refractivity (Wildman–Crippen MR) is 56.2 cm³/mol. The number of guanidine groups is 1. The Morgan fingerprint density at radius 3 is 2.69 bits per heavy atom. The van der Waals surface area contributed by atoms with Gasteiger partial charge in [0.15, 0.2) is 5.96 Å². The molecule has 0 aliphatic heterocycles. The van der Waals surface area contributed by atoms with Crippen molar-refractivity contribution in [1.82, 2.24) is 0 Å². The molecule has 4 N–H and O–H groups in total. The van der Waals surface area contributed by atoms with Gasteiger partial charge in [-0.15, -0.1) is 0 Å². The van der Waals surface area contributed by atoms with E-state index in [0.717, 1.165) is 4.47 Å². The average Bonchev–Trinajstić information content (AvgIpc) is 2.03. The van der Waals surface area contributed by atoms with Gasteiger partial charge < -0.3 is 16.2 Å². The van der Waals surface area contributed by atoms with Crippen molar-refractivity contribution in [2.24, 2.45) is 16.5 Å². The zero-order chi connectivity index (χ0) is 9.84. The lowest BCUT2D eigenvalue weighted by Crippen LogP contribution is -2.21. The van der Waals surface area contributed by atoms with Crippen molar-refractivity contribution in [3.8, 4) is 5.75 Å². The van der Waals surface area contributed by atoms with E-state index in [0.29, 0.717) is 11.4 Å². The summed E-state index contributed by atoms with van der Waals surface area (Å²) in [6, 6.07) is 5.41. The Labute approximate surface area is 84.7 Å². The Balaban J connectivity index is 3.16. The lowest BCUT2D eigenvalue weighted by molar-refractivity contribution is 0.416. The molecule has 1 rings (SSSR count). The standard InChI is InChI=1S/C8H10BrN3O/c1-13-7-3-2-5(9)4-6(7)12-8(10)11/h2-4H,1H3,(H4,10,11,12). The molecule has 0 radical (unpaired) electrons. The van der Waals surface area contributed by atoms with Gasteiger partial charge in [0, 0.05) is 4.47 Å². The molecule has 0 heterocycles. The van der Waals surface area contributed by atoms with Gasteiger partial charge in [0.2, 0.25) is 0 Å². The molecule has 0 atom stereocenters. The number of benzene rings is 1. The van der Waals surface area contributed by atoms with Gasteiger partial charge in [0.25, 0.3) is 0 Å². The number of rotatable bonds is 2. The van der Waals surface area contributed by atoms with E-state index in [-0.39, 0.29) is 5.96 Å². The SMILES string of the molecule is COc1ccc(Br)cc1N=C(N)N. The number of methoxy groups -OCH3 is 1. The highest BCUT2D eigenvalue weighted by atomic mass is 79.9. The summed E-state index contributed by atoms with van der Waals surface area (Å²) in [6.45, 7) is 0. The van der Waals surface area contributed by atoms with Crippen molar-refractivity contribution >= 4 is 27.6 Å². The van der Waals surface area contributed by atoms with Crippen LogP contribution in [0.2, 0.25) is 0 Å². The van der Waals surface area contributed by atoms with Crippen LogP contribution in [-0.4, -0.2) is 13.1 Å². The highest BCUT2D eigenvalue weighted by molar-refractivity contribution is 9.10. The fourth-order valence-electron chi connectivity index (χ4n) is 0.890. The lowest BCUT2D eigenvalue weighted by Gasteiger charge is -2.04. The van der Waals surface area contributed by atoms with Crippen LogP contribution in [0.1, 0.15) is 0 Å². The summed E-state index contributed by atoms with van der Waals surface area (Å²) < 4.78 is 5.96. The minimum absolute atomic E-state index is 0.0106. The molecule has 0 aliphatic carbocycles. The van der Waals surface area contributed by atoms with Crippen LogP contribution in [-0.2, 0) is 0 Å². The fourth-order valence-corrected chi connectivity index (χ4v) is 1.24. The maximum atomic E-state index is 5.26. The van der Waals surface area contributed by atoms with Gasteiger partial charge >= 0.3 is 0 Å². The summed E-state index contributed by atoms with van der Waals surface area (Å²) >= 11 is 3.31. The quantitative estimate of drug-likeness (QED) is 0.609. The molecule has 5 heteroatoms. The van der Waals surface area contributed by atoms with Crippen LogP contribution in [0.3, 0.4) is 0 Å². The summed E-state index contributed by atoms with van der Waals surface area (Å²) in [5.74, 6) is 0.646. The first-order chi connectivity index (χ1) is 6.13. The van der Waals surface area contributed by atoms with Gasteiger partial charge in [-0.2, -0.15) is 0 Å². The Morgan fingerprint density at radius 1 is 1.46 bits per heavy atom. The van der Waals surface area contributed by atoms with Crippen molar-refractivity contribution < 1.29 is 4.74 Å². The maximum Gasteiger partial charge on any atom is 0.191 e. The summed E-state index contributed by atoms with van der Waals surface area (Å²) in [4.78, 5) is 3.91. The maximum absolute atomic E-state index is 5.26. The Kier molecular flexibility index (Phi) is 3.13. The number of hydrogen-bond acceptors (Lipinski definition) is 2. The molecule has 0 aliphatic rings. The van der Waals surface area contributed by atoms with Crippen LogP contribution in [0, 0.1) is 0 Å². The molecule has 13 heavy (non-hydrogen) atoms. The monoisotopic (exact) mass is 243 g/mol. The smallest absolute Gasteiger partial charge is 0.191 e. The first kappa shape index (κ1) is 9.85. The van der Waals surface area contributed by atoms with Crippen LogP contribution >= 0.6 is 15.9 Å². The molecule has 1 aromatic carbocycles. The number of halogens is 1. The van der Waals surface area contributed by atoms with Gasteiger partial charge in [-0.25, -0.2) is 4.99 Å². The molecule has 4 nitrogen and oxygen atoms in total. The van der Waals surface area contributed by atoms with Gasteiger partial charge in [-0.05, 0) is 18.2 Å². The van der Waals surface area contributed by atoms with Gasteiger partial charge in [0.05, 0.1) is 7.11 Å². The van der Waals surface area contributed by atoms with Gasteiger partial charge in [-0.3, -0.25) is 0 Å². The van der Waals surface area contributed by atoms with Gasteiger partial charge in [-0.1, -0.05) is 15.9 Å². The zero-order valence-electron chi connectivity index (χ0n) is 7.12. The van der Waals surface area contributed by atoms with Crippen molar-refractivity contribution in [3.63, 3.8) is 0 Å². The van der Waals surface area contributed by atoms with Crippen LogP contribution in [0.15, 0.2) is 27.7 Å². The van der Waals surface area contributed by atoms with Crippen LogP contribution < -0.4 is 16.2 Å². The summed E-state index contributed by atoms with van der Waals surface area (Å²) in [5.41, 5.74) is 11.1. The third kappa shape index (κ3) is 2.62. The number of nitrogens with two attached hydrogens (primary N) is 2. The molecule has 0 unspecified atom stereocenters. The molecule has 0 fully saturated rings. The molecule has 0 aromatic heterocycles. The van der Waals surface area contributed by atoms with Crippen molar-refractivity contribution in [2.45, 2.75) is 0 Å². The highest BCUT2D eigenvalue weighted by Gasteiger charge is 2.01. The molecule has 0 saturated carbocycles. The minimum Gasteiger partial charge on any atom is -0.494 e. The number of nitrogens with zero attached hydrogens (tertiary/aromatic N) is 1. The molecule has 0 bridgehead atoms. The van der Waals surface area contributed by atoms with Crippen molar-refractivity contribution in [2.75, 3.05) is 7.11 Å². The Morgan fingerprint density at radius 2 is 2.15 bits per heavy atom. The van der Waals surface area contributed by atoms with Crippen LogP contribution in [0.4, 0.5) is 5.69 Å². The van der Waals surface area contributed by atoms with E-state index in [1.54, 1.807) is 19.2 Å². The minimum atomic E-state index is 0.0106. The van der Waals surface area contributed by atoms with E-state index in [4.69, 9.17) is 16.2 Å². The van der Waals surface area contributed by atoms with E-state index < -0.39 is 0 Å². The topological polar surface area (TPSA) is 73.6 Å². The summed E-state index contributed by atoms with van der Waals surface area (Å²) in [7, 11) is 1.56. The summed E-state index contributed by atoms with van der Waals surface area (Å²) in [6.07, 6.45) is 0. The lowest BCUT2D eigenvalue weighted by atomic mass is 10.3. The zero-order valence-corrected chi connectivity index (χ0v) is 8.71. The molecule has 70 valence electrons. The fraction of sp³-hybridized carbons (Fsp3) is 0.125. The molecule has 0 saturated heterocycles. The molecule has 0 spiro atoms. The molecular weight excluding hydrogens is 234 g/mol. The second-order valence-electron chi connectivity index (χ2n) is 2.35. The van der Waals surface area contributed by atoms with Crippen LogP contribution in [0.25, 0.3) is 0 Å². The van der Waals surface area contributed by atoms with E-state index in [2.05, 4.69) is 20.9 Å². The second kappa shape index (κ2) is 4.13. The van der Waals surface area contributed by atoms with E-state index in [9.17, 15) is 0 Å². The highest BCUT2D eigenvalue weighted by Crippen LogP contribution is 2.30. The first-order valence-corrected chi connectivity index (χ1v) is 4.36. The third-order valence-corrected chi connectivity index (χ3v) is 1.88. The molecular formula is C8H10BrN3O. The van der Waals surface area contributed by atoms with Crippen molar-refractivity contribution in [3.05, 3.63) is 22.7 Å². The van der Waals surface area contributed by atoms with E-state index in [1.807, 2.05) is 6.07 Å². The number of ether oxygens (including phenoxy) is 1. The molecule has 1 aromatic rings. The second-order valence-corrected chi connectivity index (χ2v) is 3.27. The third-order valence-electron chi connectivity index (χ3n) is 1.39. The van der Waals surface area contributed by atoms with Crippen molar-refractivity contribution in [1.29, 1.82) is 0 Å². The Bertz CT molecular complexity index is 334. The summed E-state index contributed by atoms with van der Waals surface area (Å²) in [5, 5.41) is 0. The van der Waals surface area contributed by atoms with Gasteiger partial charge in [0.1, 0.15) is 11.4 Å². The normalized spacial score (nSPS) is 9.38. The average molecular weight is 244 g/mol. The van der Waals surface area contributed by atoms with Crippen LogP contribution in [0.5, 0.6) is 5.75 Å². The van der Waals surface area contributed by atoms with E-state index >= 15 is 0 Å². The molecule has 0 amide bonds. The Hall–Kier alpha value is -1.23. The largest absolute Gasteiger partial charge is 0.494 e. The predicted octanol–water partition coefficient (Wildman–Crippen LogP) is 1.36. The number of aliphatic imine (C=N–C) groups is 1. The number of hydrogen-bond donors (Lipinski definition) is 2.